The minimum absolute atomic E-state index is 0.222. The molecule has 0 unspecified atom stereocenters. The number of ether oxygens (including phenoxy) is 1. The van der Waals surface area contributed by atoms with Crippen LogP contribution in [0.3, 0.4) is 0 Å². The van der Waals surface area contributed by atoms with E-state index in [1.165, 1.54) is 4.90 Å². The van der Waals surface area contributed by atoms with Crippen molar-refractivity contribution in [1.29, 1.82) is 0 Å². The SMILES string of the molecule is CCN1CCN(C(=O)N2CC[C@@H](Oc3nc(C)cc(C)n3)C2)C(=O)C1=O. The van der Waals surface area contributed by atoms with Gasteiger partial charge in [0.1, 0.15) is 6.10 Å². The maximum Gasteiger partial charge on any atom is 0.327 e. The molecule has 2 saturated heterocycles. The summed E-state index contributed by atoms with van der Waals surface area (Å²) in [7, 11) is 0. The van der Waals surface area contributed by atoms with Gasteiger partial charge in [-0.05, 0) is 26.8 Å². The van der Waals surface area contributed by atoms with E-state index in [4.69, 9.17) is 4.74 Å². The fourth-order valence-electron chi connectivity index (χ4n) is 3.22. The molecule has 1 atom stereocenters. The fourth-order valence-corrected chi connectivity index (χ4v) is 3.22. The predicted octanol–water partition coefficient (Wildman–Crippen LogP) is 0.357. The van der Waals surface area contributed by atoms with Gasteiger partial charge in [-0.1, -0.05) is 0 Å². The molecule has 140 valence electrons. The van der Waals surface area contributed by atoms with Crippen molar-refractivity contribution in [3.63, 3.8) is 0 Å². The van der Waals surface area contributed by atoms with Crippen LogP contribution in [0.1, 0.15) is 24.7 Å². The van der Waals surface area contributed by atoms with E-state index in [9.17, 15) is 14.4 Å². The van der Waals surface area contributed by atoms with Crippen LogP contribution in [0.4, 0.5) is 4.79 Å². The van der Waals surface area contributed by atoms with Crippen LogP contribution in [0.2, 0.25) is 0 Å². The third-order valence-corrected chi connectivity index (χ3v) is 4.57. The second-order valence-electron chi connectivity index (χ2n) is 6.53. The third-order valence-electron chi connectivity index (χ3n) is 4.57. The number of imide groups is 1. The molecule has 3 rings (SSSR count). The summed E-state index contributed by atoms with van der Waals surface area (Å²) in [4.78, 5) is 49.3. The number of likely N-dealkylation sites (N-methyl/N-ethyl adjacent to an activating group) is 1. The highest BCUT2D eigenvalue weighted by Gasteiger charge is 2.39. The van der Waals surface area contributed by atoms with Crippen molar-refractivity contribution in [2.75, 3.05) is 32.7 Å². The summed E-state index contributed by atoms with van der Waals surface area (Å²) in [5.74, 6) is -1.38. The van der Waals surface area contributed by atoms with Gasteiger partial charge in [-0.2, -0.15) is 0 Å². The first-order valence-electron chi connectivity index (χ1n) is 8.77. The summed E-state index contributed by atoms with van der Waals surface area (Å²) in [6, 6.07) is 1.71. The zero-order valence-corrected chi connectivity index (χ0v) is 15.3. The molecule has 0 aliphatic carbocycles. The molecule has 0 bridgehead atoms. The monoisotopic (exact) mass is 361 g/mol. The predicted molar refractivity (Wildman–Crippen MR) is 91.5 cm³/mol. The van der Waals surface area contributed by atoms with Gasteiger partial charge < -0.3 is 14.5 Å². The van der Waals surface area contributed by atoms with Crippen molar-refractivity contribution >= 4 is 17.8 Å². The van der Waals surface area contributed by atoms with Crippen molar-refractivity contribution in [3.8, 4) is 6.01 Å². The van der Waals surface area contributed by atoms with E-state index >= 15 is 0 Å². The maximum absolute atomic E-state index is 12.6. The van der Waals surface area contributed by atoms with Gasteiger partial charge in [-0.3, -0.25) is 14.5 Å². The van der Waals surface area contributed by atoms with Crippen molar-refractivity contribution in [2.45, 2.75) is 33.3 Å². The van der Waals surface area contributed by atoms with Crippen LogP contribution in [0.25, 0.3) is 0 Å². The topological polar surface area (TPSA) is 95.9 Å². The molecule has 2 aliphatic heterocycles. The van der Waals surface area contributed by atoms with Crippen molar-refractivity contribution in [2.24, 2.45) is 0 Å². The highest BCUT2D eigenvalue weighted by atomic mass is 16.5. The van der Waals surface area contributed by atoms with Crippen molar-refractivity contribution < 1.29 is 19.1 Å². The summed E-state index contributed by atoms with van der Waals surface area (Å²) < 4.78 is 5.79. The average molecular weight is 361 g/mol. The van der Waals surface area contributed by atoms with E-state index in [-0.39, 0.29) is 12.6 Å². The van der Waals surface area contributed by atoms with Crippen LogP contribution in [0.15, 0.2) is 6.07 Å². The van der Waals surface area contributed by atoms with Crippen LogP contribution in [0.5, 0.6) is 6.01 Å². The first-order chi connectivity index (χ1) is 12.4. The molecule has 0 aromatic carbocycles. The van der Waals surface area contributed by atoms with Gasteiger partial charge in [-0.15, -0.1) is 0 Å². The molecule has 1 aromatic rings. The number of aryl methyl sites for hydroxylation is 2. The molecular weight excluding hydrogens is 338 g/mol. The molecule has 9 heteroatoms. The Morgan fingerprint density at radius 3 is 2.50 bits per heavy atom. The fraction of sp³-hybridized carbons (Fsp3) is 0.588. The largest absolute Gasteiger partial charge is 0.458 e. The normalized spacial score (nSPS) is 20.7. The number of hydrogen-bond acceptors (Lipinski definition) is 6. The Hall–Kier alpha value is -2.71. The molecule has 0 radical (unpaired) electrons. The molecule has 0 N–H and O–H groups in total. The van der Waals surface area contributed by atoms with Crippen LogP contribution in [0, 0.1) is 13.8 Å². The highest BCUT2D eigenvalue weighted by Crippen LogP contribution is 2.18. The van der Waals surface area contributed by atoms with Crippen LogP contribution >= 0.6 is 0 Å². The van der Waals surface area contributed by atoms with E-state index in [2.05, 4.69) is 9.97 Å². The number of piperazine rings is 1. The minimum Gasteiger partial charge on any atom is -0.458 e. The number of carbonyl (C=O) groups is 3. The van der Waals surface area contributed by atoms with Crippen LogP contribution in [-0.4, -0.2) is 81.3 Å². The second-order valence-corrected chi connectivity index (χ2v) is 6.53. The molecule has 2 aliphatic rings. The Morgan fingerprint density at radius 2 is 1.85 bits per heavy atom. The second kappa shape index (κ2) is 7.27. The molecule has 0 spiro atoms. The van der Waals surface area contributed by atoms with Gasteiger partial charge in [0.15, 0.2) is 0 Å². The lowest BCUT2D eigenvalue weighted by atomic mass is 10.3. The lowest BCUT2D eigenvalue weighted by molar-refractivity contribution is -0.153. The average Bonchev–Trinajstić information content (AvgIpc) is 3.04. The van der Waals surface area contributed by atoms with Crippen molar-refractivity contribution in [3.05, 3.63) is 17.5 Å². The molecule has 9 nitrogen and oxygen atoms in total. The summed E-state index contributed by atoms with van der Waals surface area (Å²) in [6.07, 6.45) is 0.391. The summed E-state index contributed by atoms with van der Waals surface area (Å²) in [5, 5.41) is 0. The van der Waals surface area contributed by atoms with E-state index in [0.717, 1.165) is 16.3 Å². The Bertz CT molecular complexity index is 718. The first-order valence-corrected chi connectivity index (χ1v) is 8.77. The minimum atomic E-state index is -0.759. The van der Waals surface area contributed by atoms with E-state index in [1.807, 2.05) is 19.9 Å². The summed E-state index contributed by atoms with van der Waals surface area (Å²) >= 11 is 0. The molecule has 1 aromatic heterocycles. The number of likely N-dealkylation sites (tertiary alicyclic amines) is 1. The Morgan fingerprint density at radius 1 is 1.15 bits per heavy atom. The van der Waals surface area contributed by atoms with Gasteiger partial charge in [0.25, 0.3) is 0 Å². The van der Waals surface area contributed by atoms with E-state index in [1.54, 1.807) is 11.8 Å². The molecule has 2 fully saturated rings. The van der Waals surface area contributed by atoms with Gasteiger partial charge in [0, 0.05) is 44.0 Å². The van der Waals surface area contributed by atoms with Crippen LogP contribution < -0.4 is 4.74 Å². The smallest absolute Gasteiger partial charge is 0.327 e. The lowest BCUT2D eigenvalue weighted by Crippen LogP contribution is -2.58. The number of nitrogens with zero attached hydrogens (tertiary/aromatic N) is 5. The van der Waals surface area contributed by atoms with E-state index < -0.39 is 17.8 Å². The van der Waals surface area contributed by atoms with Gasteiger partial charge in [0.05, 0.1) is 6.54 Å². The zero-order valence-electron chi connectivity index (χ0n) is 15.3. The van der Waals surface area contributed by atoms with E-state index in [0.29, 0.717) is 38.6 Å². The maximum atomic E-state index is 12.6. The Kier molecular flexibility index (Phi) is 5.06. The van der Waals surface area contributed by atoms with Gasteiger partial charge in [-0.25, -0.2) is 14.8 Å². The summed E-state index contributed by atoms with van der Waals surface area (Å²) in [5.41, 5.74) is 1.63. The number of rotatable bonds is 3. The molecule has 3 heterocycles. The highest BCUT2D eigenvalue weighted by molar-refractivity contribution is 6.38. The number of hydrogen-bond donors (Lipinski definition) is 0. The number of carbonyl (C=O) groups excluding carboxylic acids is 3. The van der Waals surface area contributed by atoms with Crippen LogP contribution in [-0.2, 0) is 9.59 Å². The Labute approximate surface area is 151 Å². The molecule has 26 heavy (non-hydrogen) atoms. The number of urea groups is 1. The summed E-state index contributed by atoms with van der Waals surface area (Å²) in [6.45, 7) is 7.39. The molecular formula is C17H23N5O4. The quantitative estimate of drug-likeness (QED) is 0.721. The number of amides is 4. The molecule has 4 amide bonds. The Balaban J connectivity index is 1.60. The first kappa shape index (κ1) is 18.1. The lowest BCUT2D eigenvalue weighted by Gasteiger charge is -2.33. The van der Waals surface area contributed by atoms with Gasteiger partial charge in [0.2, 0.25) is 0 Å². The standard InChI is InChI=1S/C17H23N5O4/c1-4-20-7-8-22(15(24)14(20)23)17(25)21-6-5-13(10-21)26-16-18-11(2)9-12(3)19-16/h9,13H,4-8,10H2,1-3H3/t13-/m1/s1. The zero-order chi connectivity index (χ0) is 18.8. The number of aromatic nitrogens is 2. The molecule has 0 saturated carbocycles. The third kappa shape index (κ3) is 3.61. The van der Waals surface area contributed by atoms with Crippen molar-refractivity contribution in [1.82, 2.24) is 24.7 Å². The van der Waals surface area contributed by atoms with Gasteiger partial charge >= 0.3 is 23.9 Å².